The van der Waals surface area contributed by atoms with Crippen LogP contribution >= 0.6 is 0 Å². The number of amides is 1. The summed E-state index contributed by atoms with van der Waals surface area (Å²) in [6, 6.07) is 1.88. The van der Waals surface area contributed by atoms with Crippen molar-refractivity contribution < 1.29 is 14.7 Å². The topological polar surface area (TPSA) is 84.2 Å². The van der Waals surface area contributed by atoms with Crippen molar-refractivity contribution >= 4 is 11.9 Å². The van der Waals surface area contributed by atoms with Crippen molar-refractivity contribution in [1.82, 2.24) is 15.1 Å². The maximum atomic E-state index is 11.9. The van der Waals surface area contributed by atoms with E-state index in [4.69, 9.17) is 5.11 Å². The first-order valence-electron chi connectivity index (χ1n) is 6.05. The minimum absolute atomic E-state index is 0.358. The van der Waals surface area contributed by atoms with Crippen molar-refractivity contribution in [3.63, 3.8) is 0 Å². The van der Waals surface area contributed by atoms with Gasteiger partial charge in [-0.3, -0.25) is 14.3 Å². The molecule has 1 amide bonds. The molecule has 0 bridgehead atoms. The first-order chi connectivity index (χ1) is 8.56. The van der Waals surface area contributed by atoms with Crippen LogP contribution in [0.1, 0.15) is 25.0 Å². The lowest BCUT2D eigenvalue weighted by Gasteiger charge is -2.35. The van der Waals surface area contributed by atoms with Crippen molar-refractivity contribution in [2.24, 2.45) is 12.5 Å². The Labute approximate surface area is 105 Å². The molecule has 0 aliphatic heterocycles. The highest BCUT2D eigenvalue weighted by Crippen LogP contribution is 2.41. The maximum absolute atomic E-state index is 11.9. The van der Waals surface area contributed by atoms with Crippen LogP contribution in [0.4, 0.5) is 0 Å². The first kappa shape index (κ1) is 12.6. The van der Waals surface area contributed by atoms with Crippen LogP contribution in [0.25, 0.3) is 0 Å². The van der Waals surface area contributed by atoms with Gasteiger partial charge in [0, 0.05) is 31.9 Å². The SMILES string of the molecule is Cn1nccc1CCNC(=O)C1(C(=O)O)CCC1. The van der Waals surface area contributed by atoms with Gasteiger partial charge >= 0.3 is 5.97 Å². The van der Waals surface area contributed by atoms with Gasteiger partial charge in [-0.2, -0.15) is 5.10 Å². The molecule has 6 nitrogen and oxygen atoms in total. The highest BCUT2D eigenvalue weighted by molar-refractivity contribution is 6.02. The molecule has 1 saturated carbocycles. The minimum Gasteiger partial charge on any atom is -0.480 e. The van der Waals surface area contributed by atoms with Crippen LogP contribution in [0.3, 0.4) is 0 Å². The fourth-order valence-corrected chi connectivity index (χ4v) is 2.19. The van der Waals surface area contributed by atoms with E-state index in [1.54, 1.807) is 10.9 Å². The van der Waals surface area contributed by atoms with Crippen LogP contribution < -0.4 is 5.32 Å². The zero-order valence-electron chi connectivity index (χ0n) is 10.3. The van der Waals surface area contributed by atoms with Crippen molar-refractivity contribution in [1.29, 1.82) is 0 Å². The zero-order valence-corrected chi connectivity index (χ0v) is 10.3. The highest BCUT2D eigenvalue weighted by Gasteiger charge is 2.50. The largest absolute Gasteiger partial charge is 0.480 e. The summed E-state index contributed by atoms with van der Waals surface area (Å²) >= 11 is 0. The van der Waals surface area contributed by atoms with Gasteiger partial charge in [0.1, 0.15) is 5.41 Å². The van der Waals surface area contributed by atoms with Crippen LogP contribution in [0, 0.1) is 5.41 Å². The summed E-state index contributed by atoms with van der Waals surface area (Å²) in [5, 5.41) is 15.8. The summed E-state index contributed by atoms with van der Waals surface area (Å²) in [5.41, 5.74) is -0.166. The summed E-state index contributed by atoms with van der Waals surface area (Å²) in [4.78, 5) is 23.0. The summed E-state index contributed by atoms with van der Waals surface area (Å²) in [6.45, 7) is 0.438. The smallest absolute Gasteiger partial charge is 0.319 e. The molecule has 0 aromatic carbocycles. The summed E-state index contributed by atoms with van der Waals surface area (Å²) in [5.74, 6) is -1.37. The maximum Gasteiger partial charge on any atom is 0.319 e. The van der Waals surface area contributed by atoms with E-state index in [0.717, 1.165) is 12.1 Å². The number of hydrogen-bond donors (Lipinski definition) is 2. The second-order valence-electron chi connectivity index (χ2n) is 4.69. The number of carboxylic acid groups (broad SMARTS) is 1. The van der Waals surface area contributed by atoms with Crippen molar-refractivity contribution in [2.45, 2.75) is 25.7 Å². The molecule has 1 aromatic heterocycles. The number of carboxylic acids is 1. The lowest BCUT2D eigenvalue weighted by atomic mass is 9.68. The lowest BCUT2D eigenvalue weighted by Crippen LogP contribution is -2.51. The van der Waals surface area contributed by atoms with E-state index in [0.29, 0.717) is 25.8 Å². The molecule has 1 aromatic rings. The van der Waals surface area contributed by atoms with E-state index in [1.165, 1.54) is 0 Å². The molecule has 0 radical (unpaired) electrons. The molecule has 2 rings (SSSR count). The number of aromatic nitrogens is 2. The van der Waals surface area contributed by atoms with Crippen LogP contribution in [0.5, 0.6) is 0 Å². The average molecular weight is 251 g/mol. The standard InChI is InChI=1S/C12H17N3O3/c1-15-9(4-8-14-15)3-7-13-10(16)12(11(17)18)5-2-6-12/h4,8H,2-3,5-7H2,1H3,(H,13,16)(H,17,18). The van der Waals surface area contributed by atoms with Gasteiger partial charge in [0.2, 0.25) is 5.91 Å². The monoisotopic (exact) mass is 251 g/mol. The zero-order chi connectivity index (χ0) is 13.2. The van der Waals surface area contributed by atoms with Crippen LogP contribution in [-0.2, 0) is 23.1 Å². The van der Waals surface area contributed by atoms with Gasteiger partial charge < -0.3 is 10.4 Å². The molecule has 1 heterocycles. The Morgan fingerprint density at radius 3 is 2.72 bits per heavy atom. The van der Waals surface area contributed by atoms with E-state index in [2.05, 4.69) is 10.4 Å². The number of aryl methyl sites for hydroxylation is 1. The quantitative estimate of drug-likeness (QED) is 0.739. The van der Waals surface area contributed by atoms with Crippen LogP contribution in [-0.4, -0.2) is 33.3 Å². The van der Waals surface area contributed by atoms with Gasteiger partial charge in [0.05, 0.1) is 0 Å². The molecule has 1 fully saturated rings. The third-order valence-electron chi connectivity index (χ3n) is 3.64. The first-order valence-corrected chi connectivity index (χ1v) is 6.05. The number of aliphatic carboxylic acids is 1. The van der Waals surface area contributed by atoms with Crippen LogP contribution in [0.15, 0.2) is 12.3 Å². The minimum atomic E-state index is -1.17. The predicted octanol–water partition coefficient (Wildman–Crippen LogP) is 0.334. The Kier molecular flexibility index (Phi) is 3.36. The van der Waals surface area contributed by atoms with Gasteiger partial charge in [-0.25, -0.2) is 0 Å². The Bertz CT molecular complexity index is 463. The van der Waals surface area contributed by atoms with Gasteiger partial charge in [0.25, 0.3) is 0 Å². The fraction of sp³-hybridized carbons (Fsp3) is 0.583. The molecule has 1 aliphatic carbocycles. The molecule has 0 spiro atoms. The molecule has 98 valence electrons. The second-order valence-corrected chi connectivity index (χ2v) is 4.69. The van der Waals surface area contributed by atoms with Gasteiger partial charge in [-0.05, 0) is 18.9 Å². The van der Waals surface area contributed by atoms with Gasteiger partial charge in [-0.15, -0.1) is 0 Å². The molecule has 0 saturated heterocycles. The number of rotatable bonds is 5. The second kappa shape index (κ2) is 4.80. The van der Waals surface area contributed by atoms with E-state index in [9.17, 15) is 9.59 Å². The number of nitrogens with one attached hydrogen (secondary N) is 1. The molecule has 0 unspecified atom stereocenters. The summed E-state index contributed by atoms with van der Waals surface area (Å²) in [6.07, 6.45) is 4.04. The fourth-order valence-electron chi connectivity index (χ4n) is 2.19. The third-order valence-corrected chi connectivity index (χ3v) is 3.64. The van der Waals surface area contributed by atoms with Crippen molar-refractivity contribution in [3.05, 3.63) is 18.0 Å². The Morgan fingerprint density at radius 2 is 2.28 bits per heavy atom. The Balaban J connectivity index is 1.85. The van der Waals surface area contributed by atoms with Crippen LogP contribution in [0.2, 0.25) is 0 Å². The molecule has 1 aliphatic rings. The van der Waals surface area contributed by atoms with Gasteiger partial charge in [-0.1, -0.05) is 6.42 Å². The van der Waals surface area contributed by atoms with Gasteiger partial charge in [0.15, 0.2) is 0 Å². The van der Waals surface area contributed by atoms with E-state index >= 15 is 0 Å². The summed E-state index contributed by atoms with van der Waals surface area (Å²) in [7, 11) is 1.84. The average Bonchev–Trinajstić information content (AvgIpc) is 2.62. The summed E-state index contributed by atoms with van der Waals surface area (Å²) < 4.78 is 1.74. The van der Waals surface area contributed by atoms with E-state index in [-0.39, 0.29) is 5.91 Å². The molecular formula is C12H17N3O3. The third kappa shape index (κ3) is 2.10. The van der Waals surface area contributed by atoms with Crippen molar-refractivity contribution in [3.8, 4) is 0 Å². The Morgan fingerprint density at radius 1 is 1.56 bits per heavy atom. The molecule has 6 heteroatoms. The van der Waals surface area contributed by atoms with E-state index in [1.807, 2.05) is 13.1 Å². The molecule has 18 heavy (non-hydrogen) atoms. The lowest BCUT2D eigenvalue weighted by molar-refractivity contribution is -0.162. The highest BCUT2D eigenvalue weighted by atomic mass is 16.4. The number of carbonyl (C=O) groups excluding carboxylic acids is 1. The molecule has 2 N–H and O–H groups in total. The molecule has 0 atom stereocenters. The van der Waals surface area contributed by atoms with Crippen molar-refractivity contribution in [2.75, 3.05) is 6.54 Å². The number of carbonyl (C=O) groups is 2. The Hall–Kier alpha value is -1.85. The molecular weight excluding hydrogens is 234 g/mol. The van der Waals surface area contributed by atoms with E-state index < -0.39 is 11.4 Å². The number of hydrogen-bond acceptors (Lipinski definition) is 3. The normalized spacial score (nSPS) is 16.9. The predicted molar refractivity (Wildman–Crippen MR) is 63.8 cm³/mol. The number of nitrogens with zero attached hydrogens (tertiary/aromatic N) is 2.